The lowest BCUT2D eigenvalue weighted by Gasteiger charge is -2.45. The minimum atomic E-state index is -1.09. The summed E-state index contributed by atoms with van der Waals surface area (Å²) in [7, 11) is 0. The Labute approximate surface area is 230 Å². The molecule has 0 saturated carbocycles. The van der Waals surface area contributed by atoms with E-state index in [2.05, 4.69) is 12.1 Å². The van der Waals surface area contributed by atoms with Crippen LogP contribution in [0.5, 0.6) is 0 Å². The molecule has 39 heavy (non-hydrogen) atoms. The third-order valence-electron chi connectivity index (χ3n) is 7.97. The molecule has 3 heteroatoms. The van der Waals surface area contributed by atoms with Gasteiger partial charge >= 0.3 is 0 Å². The fraction of sp³-hybridized carbons (Fsp3) is 0.139. The monoisotopic (exact) mass is 509 g/mol. The third kappa shape index (κ3) is 4.35. The lowest BCUT2D eigenvalue weighted by molar-refractivity contribution is -0.140. The number of benzene rings is 5. The number of rotatable bonds is 6. The van der Waals surface area contributed by atoms with Gasteiger partial charge in [0.1, 0.15) is 11.5 Å². The number of aliphatic hydroxyl groups excluding tert-OH is 1. The van der Waals surface area contributed by atoms with Crippen LogP contribution in [0.3, 0.4) is 0 Å². The van der Waals surface area contributed by atoms with E-state index in [1.807, 2.05) is 138 Å². The van der Waals surface area contributed by atoms with Crippen LogP contribution in [-0.2, 0) is 16.6 Å². The molecule has 1 N–H and O–H groups in total. The number of fused-ring (bicyclic) bond motifs is 1. The van der Waals surface area contributed by atoms with Crippen molar-refractivity contribution in [2.45, 2.75) is 24.0 Å². The number of nitrogens with zero attached hydrogens (tertiary/aromatic N) is 1. The second-order valence-electron chi connectivity index (χ2n) is 10.1. The maximum atomic E-state index is 15.4. The molecule has 192 valence electrons. The molecule has 0 saturated heterocycles. The molecule has 0 bridgehead atoms. The zero-order valence-corrected chi connectivity index (χ0v) is 21.7. The van der Waals surface area contributed by atoms with Crippen LogP contribution in [0.25, 0.3) is 0 Å². The average molecular weight is 510 g/mol. The third-order valence-corrected chi connectivity index (χ3v) is 7.97. The lowest BCUT2D eigenvalue weighted by Crippen LogP contribution is -2.52. The highest BCUT2D eigenvalue weighted by Gasteiger charge is 2.49. The van der Waals surface area contributed by atoms with Crippen LogP contribution in [0.4, 0.5) is 0 Å². The average Bonchev–Trinajstić information content (AvgIpc) is 3.02. The molecule has 0 aliphatic carbocycles. The van der Waals surface area contributed by atoms with Gasteiger partial charge in [0.15, 0.2) is 0 Å². The van der Waals surface area contributed by atoms with Crippen LogP contribution in [0.1, 0.15) is 45.5 Å². The Morgan fingerprint density at radius 1 is 0.641 bits per heavy atom. The van der Waals surface area contributed by atoms with E-state index in [9.17, 15) is 5.11 Å². The highest BCUT2D eigenvalue weighted by molar-refractivity contribution is 5.96. The lowest BCUT2D eigenvalue weighted by atomic mass is 9.67. The van der Waals surface area contributed by atoms with Gasteiger partial charge in [-0.1, -0.05) is 146 Å². The van der Waals surface area contributed by atoms with Crippen LogP contribution in [0, 0.1) is 0 Å². The number of hydrogen-bond donors (Lipinski definition) is 1. The van der Waals surface area contributed by atoms with Crippen LogP contribution in [0.15, 0.2) is 146 Å². The molecule has 5 aromatic carbocycles. The van der Waals surface area contributed by atoms with Crippen LogP contribution < -0.4 is 0 Å². The first-order valence-electron chi connectivity index (χ1n) is 13.5. The molecule has 1 heterocycles. The number of aliphatic hydroxyl groups is 1. The minimum absolute atomic E-state index is 0.0411. The Morgan fingerprint density at radius 3 is 1.59 bits per heavy atom. The van der Waals surface area contributed by atoms with Crippen LogP contribution in [0.2, 0.25) is 0 Å². The fourth-order valence-corrected chi connectivity index (χ4v) is 6.15. The molecule has 0 spiro atoms. The molecule has 0 aromatic heterocycles. The second-order valence-corrected chi connectivity index (χ2v) is 10.1. The van der Waals surface area contributed by atoms with Gasteiger partial charge in [-0.3, -0.25) is 4.79 Å². The van der Waals surface area contributed by atoms with Crippen LogP contribution >= 0.6 is 0 Å². The highest BCUT2D eigenvalue weighted by Crippen LogP contribution is 2.46. The summed E-state index contributed by atoms with van der Waals surface area (Å²) in [6, 6.07) is 47.5. The van der Waals surface area contributed by atoms with Crippen molar-refractivity contribution in [1.29, 1.82) is 0 Å². The summed E-state index contributed by atoms with van der Waals surface area (Å²) in [5, 5.41) is 11.9. The molecule has 1 aliphatic rings. The summed E-state index contributed by atoms with van der Waals surface area (Å²) in [6.45, 7) is 0.513. The topological polar surface area (TPSA) is 40.5 Å². The minimum Gasteiger partial charge on any atom is -0.386 e. The Hall–Kier alpha value is -4.47. The summed E-state index contributed by atoms with van der Waals surface area (Å²) >= 11 is 0. The van der Waals surface area contributed by atoms with Gasteiger partial charge in [-0.2, -0.15) is 0 Å². The molecule has 1 aliphatic heterocycles. The van der Waals surface area contributed by atoms with Gasteiger partial charge in [-0.05, 0) is 39.8 Å². The first-order chi connectivity index (χ1) is 19.2. The molecular formula is C36H31NO2. The van der Waals surface area contributed by atoms with Crippen molar-refractivity contribution in [3.05, 3.63) is 179 Å². The van der Waals surface area contributed by atoms with Crippen molar-refractivity contribution >= 4 is 5.91 Å². The molecule has 5 aromatic rings. The summed E-state index contributed by atoms with van der Waals surface area (Å²) in [5.74, 6) is -0.0411. The van der Waals surface area contributed by atoms with Gasteiger partial charge in [-0.25, -0.2) is 0 Å². The Bertz CT molecular complexity index is 1440. The highest BCUT2D eigenvalue weighted by atomic mass is 16.3. The first kappa shape index (κ1) is 24.8. The smallest absolute Gasteiger partial charge is 0.242 e. The Morgan fingerprint density at radius 2 is 1.08 bits per heavy atom. The fourth-order valence-electron chi connectivity index (χ4n) is 6.15. The maximum absolute atomic E-state index is 15.4. The summed E-state index contributed by atoms with van der Waals surface area (Å²) < 4.78 is 0. The maximum Gasteiger partial charge on any atom is 0.242 e. The van der Waals surface area contributed by atoms with Gasteiger partial charge in [0.2, 0.25) is 5.91 Å². The van der Waals surface area contributed by atoms with E-state index in [1.54, 1.807) is 0 Å². The van der Waals surface area contributed by atoms with E-state index in [4.69, 9.17) is 0 Å². The molecule has 2 unspecified atom stereocenters. The van der Waals surface area contributed by atoms with Crippen molar-refractivity contribution in [2.24, 2.45) is 0 Å². The Kier molecular flexibility index (Phi) is 6.83. The summed E-state index contributed by atoms with van der Waals surface area (Å²) in [5.41, 5.74) is 4.58. The molecule has 3 nitrogen and oxygen atoms in total. The zero-order valence-electron chi connectivity index (χ0n) is 21.7. The van der Waals surface area contributed by atoms with Crippen molar-refractivity contribution in [3.8, 4) is 0 Å². The van der Waals surface area contributed by atoms with Gasteiger partial charge in [0.05, 0.1) is 6.04 Å². The largest absolute Gasteiger partial charge is 0.386 e. The van der Waals surface area contributed by atoms with E-state index in [1.165, 1.54) is 5.56 Å². The van der Waals surface area contributed by atoms with E-state index in [0.29, 0.717) is 6.54 Å². The molecule has 1 amide bonds. The predicted octanol–water partition coefficient (Wildman–Crippen LogP) is 6.88. The van der Waals surface area contributed by atoms with Crippen molar-refractivity contribution in [1.82, 2.24) is 4.90 Å². The first-order valence-corrected chi connectivity index (χ1v) is 13.5. The zero-order chi connectivity index (χ0) is 26.7. The van der Waals surface area contributed by atoms with Crippen molar-refractivity contribution in [2.75, 3.05) is 6.54 Å². The second kappa shape index (κ2) is 10.7. The normalized spacial score (nSPS) is 15.8. The van der Waals surface area contributed by atoms with Gasteiger partial charge in [-0.15, -0.1) is 0 Å². The molecule has 2 atom stereocenters. The number of carbonyl (C=O) groups excluding carboxylic acids is 1. The number of amides is 1. The van der Waals surface area contributed by atoms with E-state index >= 15 is 4.79 Å². The standard InChI is InChI=1S/C36H31NO2/c38-34(28-16-5-1-6-17-28)33-32-24-14-13-15-27(32)25-26-37(33)35(39)36(29-18-7-2-8-19-29,30-20-9-3-10-21-30)31-22-11-4-12-23-31/h1-24,33-34,38H,25-26H2. The van der Waals surface area contributed by atoms with Gasteiger partial charge in [0, 0.05) is 6.54 Å². The summed E-state index contributed by atoms with van der Waals surface area (Å²) in [4.78, 5) is 17.3. The molecule has 6 rings (SSSR count). The van der Waals surface area contributed by atoms with Gasteiger partial charge < -0.3 is 10.0 Å². The van der Waals surface area contributed by atoms with E-state index in [0.717, 1.165) is 34.2 Å². The van der Waals surface area contributed by atoms with E-state index < -0.39 is 17.6 Å². The van der Waals surface area contributed by atoms with Gasteiger partial charge in [0.25, 0.3) is 0 Å². The molecule has 0 radical (unpaired) electrons. The summed E-state index contributed by atoms with van der Waals surface area (Å²) in [6.07, 6.45) is -0.148. The molecular weight excluding hydrogens is 478 g/mol. The number of hydrogen-bond acceptors (Lipinski definition) is 2. The van der Waals surface area contributed by atoms with Crippen molar-refractivity contribution < 1.29 is 9.90 Å². The Balaban J connectivity index is 1.59. The number of carbonyl (C=O) groups is 1. The van der Waals surface area contributed by atoms with Crippen molar-refractivity contribution in [3.63, 3.8) is 0 Å². The predicted molar refractivity (Wildman–Crippen MR) is 155 cm³/mol. The quantitative estimate of drug-likeness (QED) is 0.254. The SMILES string of the molecule is O=C(N1CCc2ccccc2C1C(O)c1ccccc1)C(c1ccccc1)(c1ccccc1)c1ccccc1. The van der Waals surface area contributed by atoms with E-state index in [-0.39, 0.29) is 5.91 Å². The molecule has 0 fully saturated rings. The van der Waals surface area contributed by atoms with Crippen LogP contribution in [-0.4, -0.2) is 22.5 Å².